The van der Waals surface area contributed by atoms with Crippen LogP contribution in [0.4, 0.5) is 0 Å². The van der Waals surface area contributed by atoms with Gasteiger partial charge in [-0.2, -0.15) is 0 Å². The van der Waals surface area contributed by atoms with Crippen molar-refractivity contribution in [2.75, 3.05) is 13.2 Å². The van der Waals surface area contributed by atoms with E-state index in [0.717, 1.165) is 13.2 Å². The lowest BCUT2D eigenvalue weighted by atomic mass is 9.96. The molecule has 0 aromatic heterocycles. The first-order valence-corrected chi connectivity index (χ1v) is 16.8. The second-order valence-corrected chi connectivity index (χ2v) is 15.3. The summed E-state index contributed by atoms with van der Waals surface area (Å²) < 4.78 is 13.9. The predicted octanol–water partition coefficient (Wildman–Crippen LogP) is 5.39. The van der Waals surface area contributed by atoms with E-state index in [4.69, 9.17) is 9.47 Å². The largest absolute Gasteiger partial charge is 0.377 e. The van der Waals surface area contributed by atoms with Gasteiger partial charge in [0.15, 0.2) is 0 Å². The Morgan fingerprint density at radius 1 is 0.871 bits per heavy atom. The molecule has 2 aliphatic heterocycles. The van der Waals surface area contributed by atoms with Crippen LogP contribution in [0.5, 0.6) is 0 Å². The van der Waals surface area contributed by atoms with Gasteiger partial charge in [0.2, 0.25) is 0 Å². The highest BCUT2D eigenvalue weighted by atomic mass is 28.3. The average molecular weight is 453 g/mol. The predicted molar refractivity (Wildman–Crippen MR) is 136 cm³/mol. The number of rotatable bonds is 8. The van der Waals surface area contributed by atoms with Gasteiger partial charge >= 0.3 is 0 Å². The van der Waals surface area contributed by atoms with Crippen molar-refractivity contribution in [2.24, 2.45) is 0 Å². The maximum atomic E-state index is 6.97. The molecule has 4 atom stereocenters. The zero-order valence-corrected chi connectivity index (χ0v) is 22.1. The summed E-state index contributed by atoms with van der Waals surface area (Å²) in [7, 11) is -1.72. The first-order chi connectivity index (χ1) is 15.2. The van der Waals surface area contributed by atoms with Crippen molar-refractivity contribution in [3.8, 4) is 0 Å². The SMILES string of the molecule is CC(C[SiH](C)C1(C2([SiH2]Cc3ccccc3)CCCCO2)CCCCO1)c1ccccc1. The van der Waals surface area contributed by atoms with E-state index in [-0.39, 0.29) is 10.4 Å². The highest BCUT2D eigenvalue weighted by Gasteiger charge is 2.57. The molecular weight excluding hydrogens is 412 g/mol. The summed E-state index contributed by atoms with van der Waals surface area (Å²) in [5, 5.41) is 0.0548. The normalized spacial score (nSPS) is 29.1. The summed E-state index contributed by atoms with van der Waals surface area (Å²) in [6.07, 6.45) is 7.50. The summed E-state index contributed by atoms with van der Waals surface area (Å²) in [6, 6.07) is 24.7. The van der Waals surface area contributed by atoms with Gasteiger partial charge in [0.05, 0.1) is 28.8 Å². The Bertz CT molecular complexity index is 783. The fourth-order valence-electron chi connectivity index (χ4n) is 6.24. The fourth-order valence-corrected chi connectivity index (χ4v) is 14.2. The van der Waals surface area contributed by atoms with Gasteiger partial charge in [0, 0.05) is 13.2 Å². The monoisotopic (exact) mass is 452 g/mol. The average Bonchev–Trinajstić information content (AvgIpc) is 2.85. The van der Waals surface area contributed by atoms with E-state index >= 15 is 0 Å². The minimum atomic E-state index is -1.23. The summed E-state index contributed by atoms with van der Waals surface area (Å²) in [6.45, 7) is 6.89. The maximum absolute atomic E-state index is 6.97. The first kappa shape index (κ1) is 23.0. The third-order valence-electron chi connectivity index (χ3n) is 7.96. The van der Waals surface area contributed by atoms with Crippen LogP contribution in [-0.2, 0) is 15.5 Å². The number of benzene rings is 2. The van der Waals surface area contributed by atoms with Crippen LogP contribution in [-0.4, -0.2) is 42.0 Å². The lowest BCUT2D eigenvalue weighted by Gasteiger charge is -2.56. The Kier molecular flexibility index (Phi) is 7.86. The van der Waals surface area contributed by atoms with Gasteiger partial charge in [0.25, 0.3) is 0 Å². The molecule has 0 aliphatic carbocycles. The van der Waals surface area contributed by atoms with Crippen molar-refractivity contribution in [1.82, 2.24) is 0 Å². The topological polar surface area (TPSA) is 18.5 Å². The Hall–Kier alpha value is -1.21. The van der Waals surface area contributed by atoms with Gasteiger partial charge in [-0.15, -0.1) is 0 Å². The summed E-state index contributed by atoms with van der Waals surface area (Å²) in [5.41, 5.74) is 2.97. The Labute approximate surface area is 193 Å². The quantitative estimate of drug-likeness (QED) is 0.500. The van der Waals surface area contributed by atoms with Crippen molar-refractivity contribution >= 4 is 18.3 Å². The van der Waals surface area contributed by atoms with Crippen LogP contribution in [0.25, 0.3) is 0 Å². The molecule has 0 saturated carbocycles. The summed E-state index contributed by atoms with van der Waals surface area (Å²) in [5.74, 6) is 0.599. The van der Waals surface area contributed by atoms with Crippen LogP contribution in [0.3, 0.4) is 0 Å². The maximum Gasteiger partial charge on any atom is 0.0797 e. The van der Waals surface area contributed by atoms with Crippen LogP contribution in [0.2, 0.25) is 12.6 Å². The molecule has 0 amide bonds. The second-order valence-electron chi connectivity index (χ2n) is 9.93. The van der Waals surface area contributed by atoms with E-state index in [2.05, 4.69) is 74.1 Å². The molecule has 2 aliphatic rings. The van der Waals surface area contributed by atoms with E-state index < -0.39 is 18.3 Å². The Balaban J connectivity index is 1.60. The molecule has 0 N–H and O–H groups in total. The van der Waals surface area contributed by atoms with Crippen LogP contribution in [0.1, 0.15) is 62.5 Å². The molecule has 2 saturated heterocycles. The standard InChI is InChI=1S/C27H40O2Si2/c1-23(25-15-7-4-8-16-25)22-31(2)27(18-10-12-20-29-27)26(17-9-11-19-28-26)30-21-24-13-5-3-6-14-24/h3-8,13-16,23,31H,9-12,17-22,30H2,1-2H3. The third-order valence-corrected chi connectivity index (χ3v) is 15.1. The van der Waals surface area contributed by atoms with Crippen LogP contribution in [0, 0.1) is 0 Å². The van der Waals surface area contributed by atoms with E-state index in [0.29, 0.717) is 5.92 Å². The minimum absolute atomic E-state index is 0.0235. The van der Waals surface area contributed by atoms with Crippen molar-refractivity contribution < 1.29 is 9.47 Å². The molecule has 31 heavy (non-hydrogen) atoms. The lowest BCUT2D eigenvalue weighted by molar-refractivity contribution is -0.163. The van der Waals surface area contributed by atoms with Gasteiger partial charge in [0.1, 0.15) is 0 Å². The van der Waals surface area contributed by atoms with Gasteiger partial charge in [-0.1, -0.05) is 85.7 Å². The molecule has 2 aromatic rings. The van der Waals surface area contributed by atoms with Crippen molar-refractivity contribution in [2.45, 2.75) is 80.5 Å². The molecule has 0 radical (unpaired) electrons. The zero-order valence-electron chi connectivity index (χ0n) is 19.5. The van der Waals surface area contributed by atoms with Crippen LogP contribution in [0.15, 0.2) is 60.7 Å². The third kappa shape index (κ3) is 5.08. The van der Waals surface area contributed by atoms with Gasteiger partial charge < -0.3 is 9.47 Å². The molecular formula is C27H40O2Si2. The molecule has 4 rings (SSSR count). The zero-order chi connectivity index (χ0) is 21.6. The summed E-state index contributed by atoms with van der Waals surface area (Å²) >= 11 is 0. The van der Waals surface area contributed by atoms with Crippen molar-refractivity contribution in [1.29, 1.82) is 0 Å². The molecule has 168 valence electrons. The highest BCUT2D eigenvalue weighted by Crippen LogP contribution is 2.46. The molecule has 2 heterocycles. The molecule has 2 fully saturated rings. The number of hydrogen-bond donors (Lipinski definition) is 0. The summed E-state index contributed by atoms with van der Waals surface area (Å²) in [4.78, 5) is 0. The molecule has 4 heteroatoms. The molecule has 2 nitrogen and oxygen atoms in total. The van der Waals surface area contributed by atoms with Crippen molar-refractivity contribution in [3.63, 3.8) is 0 Å². The highest BCUT2D eigenvalue weighted by molar-refractivity contribution is 6.63. The first-order valence-electron chi connectivity index (χ1n) is 12.5. The van der Waals surface area contributed by atoms with E-state index in [9.17, 15) is 0 Å². The van der Waals surface area contributed by atoms with Gasteiger partial charge in [-0.3, -0.25) is 0 Å². The van der Waals surface area contributed by atoms with E-state index in [1.54, 1.807) is 0 Å². The van der Waals surface area contributed by atoms with Gasteiger partial charge in [-0.05, 0) is 56.1 Å². The number of hydrogen-bond acceptors (Lipinski definition) is 2. The molecule has 4 unspecified atom stereocenters. The lowest BCUT2D eigenvalue weighted by Crippen LogP contribution is -2.70. The Morgan fingerprint density at radius 3 is 2.13 bits per heavy atom. The van der Waals surface area contributed by atoms with Crippen LogP contribution < -0.4 is 0 Å². The molecule has 0 spiro atoms. The van der Waals surface area contributed by atoms with Crippen molar-refractivity contribution in [3.05, 3.63) is 71.8 Å². The minimum Gasteiger partial charge on any atom is -0.377 e. The molecule has 0 bridgehead atoms. The van der Waals surface area contributed by atoms with Crippen LogP contribution >= 0.6 is 0 Å². The molecule has 2 aromatic carbocycles. The van der Waals surface area contributed by atoms with E-state index in [1.807, 2.05) is 0 Å². The number of ether oxygens (including phenoxy) is 2. The smallest absolute Gasteiger partial charge is 0.0797 e. The second kappa shape index (κ2) is 10.6. The fraction of sp³-hybridized carbons (Fsp3) is 0.556. The van der Waals surface area contributed by atoms with E-state index in [1.165, 1.54) is 61.7 Å². The Morgan fingerprint density at radius 2 is 1.52 bits per heavy atom. The van der Waals surface area contributed by atoms with Gasteiger partial charge in [-0.25, -0.2) is 0 Å².